The molecule has 0 aromatic rings. The van der Waals surface area contributed by atoms with Crippen molar-refractivity contribution in [3.8, 4) is 0 Å². The Morgan fingerprint density at radius 3 is 1.90 bits per heavy atom. The maximum Gasteiger partial charge on any atom is 0.0964 e. The summed E-state index contributed by atoms with van der Waals surface area (Å²) in [4.78, 5) is 0. The van der Waals surface area contributed by atoms with Crippen molar-refractivity contribution < 1.29 is 5.11 Å². The van der Waals surface area contributed by atoms with Gasteiger partial charge < -0.3 is 16.6 Å². The van der Waals surface area contributed by atoms with Crippen molar-refractivity contribution >= 4 is 0 Å². The quantitative estimate of drug-likeness (QED) is 0.375. The highest BCUT2D eigenvalue weighted by Gasteiger charge is 2.15. The van der Waals surface area contributed by atoms with Gasteiger partial charge in [-0.2, -0.15) is 0 Å². The number of allylic oxidation sites excluding steroid dienone is 1. The van der Waals surface area contributed by atoms with Crippen molar-refractivity contribution in [1.82, 2.24) is 0 Å². The number of hydrogen-bond acceptors (Lipinski definition) is 3. The van der Waals surface area contributed by atoms with Crippen LogP contribution in [-0.2, 0) is 0 Å². The van der Waals surface area contributed by atoms with Crippen LogP contribution in [0.1, 0.15) is 20.8 Å². The lowest BCUT2D eigenvalue weighted by Gasteiger charge is -2.17. The fraction of sp³-hybridized carbons (Fsp3) is 0.714. The van der Waals surface area contributed by atoms with Crippen molar-refractivity contribution in [1.29, 1.82) is 0 Å². The van der Waals surface area contributed by atoms with E-state index in [1.807, 2.05) is 20.8 Å². The second kappa shape index (κ2) is 3.03. The van der Waals surface area contributed by atoms with Crippen LogP contribution in [0.15, 0.2) is 11.8 Å². The van der Waals surface area contributed by atoms with Gasteiger partial charge in [0, 0.05) is 5.41 Å². The molecule has 0 aliphatic carbocycles. The van der Waals surface area contributed by atoms with Crippen molar-refractivity contribution in [3.05, 3.63) is 11.8 Å². The van der Waals surface area contributed by atoms with Crippen LogP contribution in [0.2, 0.25) is 0 Å². The number of rotatable bonds is 1. The molecule has 0 aliphatic rings. The molecule has 10 heavy (non-hydrogen) atoms. The number of hydrogen-bond donors (Lipinski definition) is 3. The number of aliphatic hydroxyl groups excluding tert-OH is 1. The van der Waals surface area contributed by atoms with Gasteiger partial charge in [-0.05, 0) is 6.08 Å². The van der Waals surface area contributed by atoms with Crippen molar-refractivity contribution in [2.24, 2.45) is 16.9 Å². The van der Waals surface area contributed by atoms with Crippen molar-refractivity contribution in [2.75, 3.05) is 0 Å². The average Bonchev–Trinajstić information content (AvgIpc) is 1.60. The Bertz CT molecular complexity index is 133. The van der Waals surface area contributed by atoms with Crippen LogP contribution < -0.4 is 11.5 Å². The van der Waals surface area contributed by atoms with Crippen LogP contribution in [0, 0.1) is 5.41 Å². The van der Waals surface area contributed by atoms with Crippen LogP contribution in [0.3, 0.4) is 0 Å². The summed E-state index contributed by atoms with van der Waals surface area (Å²) in [5, 5.41) is 9.26. The fourth-order valence-electron chi connectivity index (χ4n) is 0.432. The molecule has 0 unspecified atom stereocenters. The second-order valence-corrected chi connectivity index (χ2v) is 3.38. The van der Waals surface area contributed by atoms with Gasteiger partial charge in [0.2, 0.25) is 0 Å². The molecule has 3 nitrogen and oxygen atoms in total. The molecule has 0 bridgehead atoms. The van der Waals surface area contributed by atoms with Gasteiger partial charge in [0.25, 0.3) is 0 Å². The van der Waals surface area contributed by atoms with E-state index >= 15 is 0 Å². The molecule has 0 fully saturated rings. The lowest BCUT2D eigenvalue weighted by molar-refractivity contribution is 0.274. The van der Waals surface area contributed by atoms with Gasteiger partial charge in [-0.3, -0.25) is 0 Å². The van der Waals surface area contributed by atoms with Gasteiger partial charge in [-0.15, -0.1) is 0 Å². The Kier molecular flexibility index (Phi) is 2.87. The van der Waals surface area contributed by atoms with E-state index in [0.29, 0.717) is 0 Å². The zero-order chi connectivity index (χ0) is 8.36. The number of aliphatic hydroxyl groups is 1. The maximum absolute atomic E-state index is 9.26. The van der Waals surface area contributed by atoms with E-state index in [9.17, 15) is 5.11 Å². The highest BCUT2D eigenvalue weighted by molar-refractivity contribution is 5.03. The summed E-state index contributed by atoms with van der Waals surface area (Å²) in [6.07, 6.45) is 0.874. The molecule has 3 heteroatoms. The van der Waals surface area contributed by atoms with E-state index < -0.39 is 6.17 Å². The Morgan fingerprint density at radius 2 is 1.80 bits per heavy atom. The van der Waals surface area contributed by atoms with Gasteiger partial charge in [0.1, 0.15) is 0 Å². The molecule has 0 saturated heterocycles. The molecule has 0 spiro atoms. The van der Waals surface area contributed by atoms with Crippen LogP contribution in [0.25, 0.3) is 0 Å². The first-order valence-electron chi connectivity index (χ1n) is 3.26. The summed E-state index contributed by atoms with van der Waals surface area (Å²) in [7, 11) is 0. The standard InChI is InChI=1S/C7H16N2O/c1-7(2,3)5(10)4-6(8)9/h4,6,10H,8-9H2,1-3H3/b5-4-. The van der Waals surface area contributed by atoms with Gasteiger partial charge in [0.05, 0.1) is 11.9 Å². The third-order valence-corrected chi connectivity index (χ3v) is 1.12. The third-order valence-electron chi connectivity index (χ3n) is 1.12. The molecule has 0 aromatic heterocycles. The molecule has 0 amide bonds. The molecule has 0 radical (unpaired) electrons. The predicted octanol–water partition coefficient (Wildman–Crippen LogP) is 0.718. The topological polar surface area (TPSA) is 72.3 Å². The lowest BCUT2D eigenvalue weighted by atomic mass is 9.93. The van der Waals surface area contributed by atoms with E-state index in [1.54, 1.807) is 0 Å². The molecule has 0 aliphatic heterocycles. The second-order valence-electron chi connectivity index (χ2n) is 3.38. The molecular formula is C7H16N2O. The summed E-state index contributed by atoms with van der Waals surface area (Å²) in [5.74, 6) is 0.238. The van der Waals surface area contributed by atoms with Crippen molar-refractivity contribution in [2.45, 2.75) is 26.9 Å². The maximum atomic E-state index is 9.26. The Hall–Kier alpha value is -0.540. The van der Waals surface area contributed by atoms with Crippen LogP contribution in [0.4, 0.5) is 0 Å². The fourth-order valence-corrected chi connectivity index (χ4v) is 0.432. The first-order chi connectivity index (χ1) is 4.34. The van der Waals surface area contributed by atoms with E-state index in [-0.39, 0.29) is 11.2 Å². The molecule has 0 saturated carbocycles. The van der Waals surface area contributed by atoms with Gasteiger partial charge in [-0.25, -0.2) is 0 Å². The highest BCUT2D eigenvalue weighted by Crippen LogP contribution is 2.21. The molecule has 0 aromatic carbocycles. The van der Waals surface area contributed by atoms with Crippen molar-refractivity contribution in [3.63, 3.8) is 0 Å². The normalized spacial score (nSPS) is 14.4. The third kappa shape index (κ3) is 3.48. The van der Waals surface area contributed by atoms with E-state index in [1.165, 1.54) is 6.08 Å². The minimum atomic E-state index is -0.570. The molecule has 0 atom stereocenters. The highest BCUT2D eigenvalue weighted by atomic mass is 16.3. The van der Waals surface area contributed by atoms with Gasteiger partial charge >= 0.3 is 0 Å². The monoisotopic (exact) mass is 144 g/mol. The van der Waals surface area contributed by atoms with E-state index in [0.717, 1.165) is 0 Å². The molecule has 5 N–H and O–H groups in total. The predicted molar refractivity (Wildman–Crippen MR) is 42.3 cm³/mol. The molecular weight excluding hydrogens is 128 g/mol. The molecule has 0 rings (SSSR count). The summed E-state index contributed by atoms with van der Waals surface area (Å²) in [5.41, 5.74) is 10.2. The molecule has 60 valence electrons. The van der Waals surface area contributed by atoms with Gasteiger partial charge in [0.15, 0.2) is 0 Å². The van der Waals surface area contributed by atoms with E-state index in [2.05, 4.69) is 0 Å². The zero-order valence-corrected chi connectivity index (χ0v) is 6.76. The van der Waals surface area contributed by atoms with Gasteiger partial charge in [-0.1, -0.05) is 20.8 Å². The summed E-state index contributed by atoms with van der Waals surface area (Å²) < 4.78 is 0. The first kappa shape index (κ1) is 9.46. The smallest absolute Gasteiger partial charge is 0.0964 e. The summed E-state index contributed by atoms with van der Waals surface area (Å²) in [6, 6.07) is 0. The average molecular weight is 144 g/mol. The Morgan fingerprint density at radius 1 is 1.40 bits per heavy atom. The van der Waals surface area contributed by atoms with Crippen LogP contribution in [0.5, 0.6) is 0 Å². The Labute approximate surface area is 61.7 Å². The zero-order valence-electron chi connectivity index (χ0n) is 6.76. The molecule has 0 heterocycles. The first-order valence-corrected chi connectivity index (χ1v) is 3.26. The summed E-state index contributed by atoms with van der Waals surface area (Å²) >= 11 is 0. The van der Waals surface area contributed by atoms with Crippen LogP contribution in [-0.4, -0.2) is 11.3 Å². The van der Waals surface area contributed by atoms with E-state index in [4.69, 9.17) is 11.5 Å². The summed E-state index contributed by atoms with van der Waals surface area (Å²) in [6.45, 7) is 5.67. The lowest BCUT2D eigenvalue weighted by Crippen LogP contribution is -2.29. The minimum absolute atomic E-state index is 0.238. The SMILES string of the molecule is CC(C)(C)/C(O)=C/C(N)N. The largest absolute Gasteiger partial charge is 0.512 e. The number of nitrogens with two attached hydrogens (primary N) is 2. The minimum Gasteiger partial charge on any atom is -0.512 e. The Balaban J connectivity index is 4.20. The van der Waals surface area contributed by atoms with Crippen LogP contribution >= 0.6 is 0 Å².